The zero-order chi connectivity index (χ0) is 13.0. The number of nitrogens with two attached hydrogens (primary N) is 1. The second kappa shape index (κ2) is 5.65. The van der Waals surface area contributed by atoms with Crippen LogP contribution in [0.15, 0.2) is 43.1 Å². The van der Waals surface area contributed by atoms with Crippen LogP contribution < -0.4 is 5.73 Å². The van der Waals surface area contributed by atoms with E-state index in [4.69, 9.17) is 5.73 Å². The molecule has 0 spiro atoms. The summed E-state index contributed by atoms with van der Waals surface area (Å²) in [7, 11) is 0. The molecule has 0 aliphatic heterocycles. The van der Waals surface area contributed by atoms with Crippen LogP contribution in [-0.2, 0) is 6.42 Å². The lowest BCUT2D eigenvalue weighted by Crippen LogP contribution is -2.15. The van der Waals surface area contributed by atoms with E-state index < -0.39 is 0 Å². The average Bonchev–Trinajstić information content (AvgIpc) is 2.80. The van der Waals surface area contributed by atoms with E-state index in [1.165, 1.54) is 0 Å². The number of benzene rings is 1. The van der Waals surface area contributed by atoms with Crippen LogP contribution >= 0.6 is 0 Å². The zero-order valence-electron chi connectivity index (χ0n) is 10.7. The van der Waals surface area contributed by atoms with E-state index in [1.54, 1.807) is 6.20 Å². The molecule has 0 saturated heterocycles. The minimum Gasteiger partial charge on any atom is -0.328 e. The van der Waals surface area contributed by atoms with Crippen LogP contribution in [0.5, 0.6) is 0 Å². The third-order valence-electron chi connectivity index (χ3n) is 2.87. The molecular weight excluding hydrogens is 222 g/mol. The van der Waals surface area contributed by atoms with Gasteiger partial charge in [-0.2, -0.15) is 0 Å². The lowest BCUT2D eigenvalue weighted by molar-refractivity contribution is 0.660. The first-order chi connectivity index (χ1) is 8.70. The Morgan fingerprint density at radius 1 is 1.39 bits per heavy atom. The van der Waals surface area contributed by atoms with Gasteiger partial charge in [0.1, 0.15) is 5.82 Å². The first kappa shape index (κ1) is 12.6. The number of imidazole rings is 1. The van der Waals surface area contributed by atoms with Crippen LogP contribution in [0.2, 0.25) is 0 Å². The van der Waals surface area contributed by atoms with Crippen molar-refractivity contribution in [1.82, 2.24) is 9.55 Å². The topological polar surface area (TPSA) is 43.8 Å². The molecule has 3 heteroatoms. The smallest absolute Gasteiger partial charge is 0.144 e. The molecule has 1 heterocycles. The first-order valence-corrected chi connectivity index (χ1v) is 6.22. The van der Waals surface area contributed by atoms with Gasteiger partial charge >= 0.3 is 0 Å². The molecular formula is C15H19N3. The molecule has 1 aromatic carbocycles. The summed E-state index contributed by atoms with van der Waals surface area (Å²) >= 11 is 0. The van der Waals surface area contributed by atoms with Crippen LogP contribution in [0, 0.1) is 0 Å². The van der Waals surface area contributed by atoms with Gasteiger partial charge in [-0.25, -0.2) is 4.98 Å². The molecule has 94 valence electrons. The number of aryl methyl sites for hydroxylation is 1. The van der Waals surface area contributed by atoms with Crippen molar-refractivity contribution in [2.45, 2.75) is 25.8 Å². The maximum Gasteiger partial charge on any atom is 0.144 e. The van der Waals surface area contributed by atoms with E-state index >= 15 is 0 Å². The molecule has 0 bridgehead atoms. The molecule has 0 radical (unpaired) electrons. The fraction of sp³-hybridized carbons (Fsp3) is 0.267. The predicted octanol–water partition coefficient (Wildman–Crippen LogP) is 2.93. The zero-order valence-corrected chi connectivity index (χ0v) is 10.7. The van der Waals surface area contributed by atoms with Crippen molar-refractivity contribution >= 4 is 6.20 Å². The number of nitrogens with zero attached hydrogens (tertiary/aromatic N) is 2. The predicted molar refractivity (Wildman–Crippen MR) is 76.0 cm³/mol. The number of hydrogen-bond donors (Lipinski definition) is 1. The van der Waals surface area contributed by atoms with Crippen molar-refractivity contribution in [2.24, 2.45) is 5.73 Å². The molecule has 2 aromatic rings. The highest BCUT2D eigenvalue weighted by Gasteiger charge is 2.08. The van der Waals surface area contributed by atoms with Gasteiger partial charge < -0.3 is 10.3 Å². The van der Waals surface area contributed by atoms with Gasteiger partial charge in [0, 0.05) is 24.0 Å². The van der Waals surface area contributed by atoms with E-state index in [9.17, 15) is 0 Å². The lowest BCUT2D eigenvalue weighted by Gasteiger charge is -2.01. The van der Waals surface area contributed by atoms with Crippen LogP contribution in [-0.4, -0.2) is 15.6 Å². The minimum atomic E-state index is 0.207. The summed E-state index contributed by atoms with van der Waals surface area (Å²) in [5.41, 5.74) is 7.94. The maximum absolute atomic E-state index is 5.77. The average molecular weight is 241 g/mol. The van der Waals surface area contributed by atoms with E-state index in [0.29, 0.717) is 0 Å². The molecule has 0 saturated carbocycles. The largest absolute Gasteiger partial charge is 0.328 e. The van der Waals surface area contributed by atoms with Crippen molar-refractivity contribution in [1.29, 1.82) is 0 Å². The Balaban J connectivity index is 2.27. The fourth-order valence-electron chi connectivity index (χ4n) is 1.88. The Hall–Kier alpha value is -1.87. The Labute approximate surface area is 108 Å². The highest BCUT2D eigenvalue weighted by atomic mass is 15.1. The Bertz CT molecular complexity index is 512. The van der Waals surface area contributed by atoms with E-state index in [1.807, 2.05) is 35.9 Å². The highest BCUT2D eigenvalue weighted by Crippen LogP contribution is 2.19. The van der Waals surface area contributed by atoms with Gasteiger partial charge in [-0.3, -0.25) is 0 Å². The Morgan fingerprint density at radius 2 is 2.11 bits per heavy atom. The van der Waals surface area contributed by atoms with Crippen LogP contribution in [0.25, 0.3) is 17.6 Å². The molecule has 1 unspecified atom stereocenters. The molecule has 0 aliphatic carbocycles. The third kappa shape index (κ3) is 2.87. The van der Waals surface area contributed by atoms with E-state index in [2.05, 4.69) is 23.7 Å². The second-order valence-corrected chi connectivity index (χ2v) is 4.53. The molecule has 2 N–H and O–H groups in total. The maximum atomic E-state index is 5.77. The summed E-state index contributed by atoms with van der Waals surface area (Å²) in [6.45, 7) is 5.84. The summed E-state index contributed by atoms with van der Waals surface area (Å²) in [4.78, 5) is 4.66. The van der Waals surface area contributed by atoms with E-state index in [0.717, 1.165) is 29.9 Å². The van der Waals surface area contributed by atoms with Crippen LogP contribution in [0.1, 0.15) is 19.0 Å². The molecule has 1 atom stereocenters. The van der Waals surface area contributed by atoms with Gasteiger partial charge in [0.15, 0.2) is 0 Å². The van der Waals surface area contributed by atoms with Crippen molar-refractivity contribution in [2.75, 3.05) is 0 Å². The summed E-state index contributed by atoms with van der Waals surface area (Å²) in [6.07, 6.45) is 5.66. The van der Waals surface area contributed by atoms with E-state index in [-0.39, 0.29) is 6.04 Å². The van der Waals surface area contributed by atoms with Gasteiger partial charge in [-0.05, 0) is 19.8 Å². The van der Waals surface area contributed by atoms with Crippen molar-refractivity contribution < 1.29 is 0 Å². The Morgan fingerprint density at radius 3 is 2.72 bits per heavy atom. The Kier molecular flexibility index (Phi) is 3.95. The standard InChI is InChI=1S/C15H19N3/c1-3-18-11-14(10-9-12(2)16)17-15(18)13-7-5-4-6-8-13/h3-8,11-12H,1,9-10,16H2,2H3. The van der Waals surface area contributed by atoms with Crippen molar-refractivity contribution in [3.05, 3.63) is 48.8 Å². The van der Waals surface area contributed by atoms with Gasteiger partial charge in [0.2, 0.25) is 0 Å². The van der Waals surface area contributed by atoms with Crippen LogP contribution in [0.3, 0.4) is 0 Å². The normalized spacial score (nSPS) is 12.3. The summed E-state index contributed by atoms with van der Waals surface area (Å²) in [6, 6.07) is 10.3. The van der Waals surface area contributed by atoms with Crippen molar-refractivity contribution in [3.8, 4) is 11.4 Å². The summed E-state index contributed by atoms with van der Waals surface area (Å²) < 4.78 is 1.96. The SMILES string of the molecule is C=Cn1cc(CCC(C)N)nc1-c1ccccc1. The number of rotatable bonds is 5. The molecule has 0 aliphatic rings. The molecule has 0 fully saturated rings. The number of aromatic nitrogens is 2. The number of hydrogen-bond acceptors (Lipinski definition) is 2. The van der Waals surface area contributed by atoms with Gasteiger partial charge in [-0.1, -0.05) is 36.9 Å². The monoisotopic (exact) mass is 241 g/mol. The third-order valence-corrected chi connectivity index (χ3v) is 2.87. The summed E-state index contributed by atoms with van der Waals surface area (Å²) in [5, 5.41) is 0. The highest BCUT2D eigenvalue weighted by molar-refractivity contribution is 5.58. The molecule has 0 amide bonds. The first-order valence-electron chi connectivity index (χ1n) is 6.22. The molecule has 18 heavy (non-hydrogen) atoms. The molecule has 3 nitrogen and oxygen atoms in total. The van der Waals surface area contributed by atoms with Gasteiger partial charge in [0.05, 0.1) is 5.69 Å². The second-order valence-electron chi connectivity index (χ2n) is 4.53. The molecule has 2 rings (SSSR count). The van der Waals surface area contributed by atoms with Gasteiger partial charge in [-0.15, -0.1) is 0 Å². The van der Waals surface area contributed by atoms with Crippen molar-refractivity contribution in [3.63, 3.8) is 0 Å². The summed E-state index contributed by atoms with van der Waals surface area (Å²) in [5.74, 6) is 0.935. The van der Waals surface area contributed by atoms with Crippen LogP contribution in [0.4, 0.5) is 0 Å². The quantitative estimate of drug-likeness (QED) is 0.874. The molecule has 1 aromatic heterocycles. The fourth-order valence-corrected chi connectivity index (χ4v) is 1.88. The van der Waals surface area contributed by atoms with Gasteiger partial charge in [0.25, 0.3) is 0 Å². The minimum absolute atomic E-state index is 0.207. The lowest BCUT2D eigenvalue weighted by atomic mass is 10.1.